The molecular formula is C18H28N4O6S2. The second-order valence-electron chi connectivity index (χ2n) is 5.98. The van der Waals surface area contributed by atoms with Crippen molar-refractivity contribution in [3.63, 3.8) is 0 Å². The summed E-state index contributed by atoms with van der Waals surface area (Å²) >= 11 is 1.48. The molecule has 0 amide bonds. The van der Waals surface area contributed by atoms with Crippen LogP contribution in [0.4, 0.5) is 0 Å². The van der Waals surface area contributed by atoms with Gasteiger partial charge in [0.15, 0.2) is 21.6 Å². The fourth-order valence-corrected chi connectivity index (χ4v) is 3.81. The molecule has 0 radical (unpaired) electrons. The van der Waals surface area contributed by atoms with Crippen molar-refractivity contribution in [3.05, 3.63) is 0 Å². The number of nitrogens with zero attached hydrogens (tertiary/aromatic N) is 4. The SMILES string of the molecule is CCCCCC(N=C=O)SC(CCCCC)N=C=O.O=C=NCS(=O)(=O)CN=C=O. The van der Waals surface area contributed by atoms with Crippen LogP contribution in [-0.4, -0.2) is 55.2 Å². The van der Waals surface area contributed by atoms with Crippen LogP contribution in [0.15, 0.2) is 20.0 Å². The van der Waals surface area contributed by atoms with Crippen LogP contribution >= 0.6 is 11.8 Å². The number of aliphatic imine (C=N–C) groups is 4. The Kier molecular flexibility index (Phi) is 21.5. The lowest BCUT2D eigenvalue weighted by Gasteiger charge is -2.15. The van der Waals surface area contributed by atoms with Crippen molar-refractivity contribution in [2.24, 2.45) is 20.0 Å². The molecule has 0 rings (SSSR count). The summed E-state index contributed by atoms with van der Waals surface area (Å²) in [5.41, 5.74) is 0. The lowest BCUT2D eigenvalue weighted by atomic mass is 10.2. The van der Waals surface area contributed by atoms with Gasteiger partial charge < -0.3 is 0 Å². The van der Waals surface area contributed by atoms with Gasteiger partial charge in [-0.1, -0.05) is 52.4 Å². The Morgan fingerprint density at radius 2 is 1.10 bits per heavy atom. The molecular weight excluding hydrogens is 432 g/mol. The van der Waals surface area contributed by atoms with Crippen molar-refractivity contribution < 1.29 is 27.6 Å². The van der Waals surface area contributed by atoms with Gasteiger partial charge >= 0.3 is 0 Å². The van der Waals surface area contributed by atoms with Gasteiger partial charge in [-0.2, -0.15) is 20.0 Å². The molecule has 0 aliphatic rings. The molecule has 0 fully saturated rings. The van der Waals surface area contributed by atoms with Gasteiger partial charge in [-0.3, -0.25) is 0 Å². The zero-order valence-electron chi connectivity index (χ0n) is 17.3. The number of hydrogen-bond donors (Lipinski definition) is 0. The number of isocyanates is 4. The van der Waals surface area contributed by atoms with Gasteiger partial charge in [0, 0.05) is 0 Å². The monoisotopic (exact) mass is 460 g/mol. The molecule has 2 atom stereocenters. The normalized spacial score (nSPS) is 11.8. The molecule has 30 heavy (non-hydrogen) atoms. The van der Waals surface area contributed by atoms with Gasteiger partial charge in [-0.05, 0) is 12.8 Å². The smallest absolute Gasteiger partial charge is 0.225 e. The molecule has 0 saturated heterocycles. The summed E-state index contributed by atoms with van der Waals surface area (Å²) in [7, 11) is -3.56. The summed E-state index contributed by atoms with van der Waals surface area (Å²) in [6, 6.07) is 0. The van der Waals surface area contributed by atoms with E-state index in [1.165, 1.54) is 11.8 Å². The summed E-state index contributed by atoms with van der Waals surface area (Å²) in [5.74, 6) is -1.39. The third-order valence-electron chi connectivity index (χ3n) is 3.47. The first-order chi connectivity index (χ1) is 14.4. The number of hydrogen-bond acceptors (Lipinski definition) is 11. The molecule has 12 heteroatoms. The number of rotatable bonds is 16. The van der Waals surface area contributed by atoms with E-state index in [0.29, 0.717) is 0 Å². The largest absolute Gasteiger partial charge is 0.236 e. The van der Waals surface area contributed by atoms with Gasteiger partial charge in [0.2, 0.25) is 24.3 Å². The van der Waals surface area contributed by atoms with Crippen molar-refractivity contribution >= 4 is 45.9 Å². The lowest BCUT2D eigenvalue weighted by molar-refractivity contribution is 0.557. The quantitative estimate of drug-likeness (QED) is 0.195. The molecule has 10 nitrogen and oxygen atoms in total. The third-order valence-corrected chi connectivity index (χ3v) is 5.82. The maximum Gasteiger partial charge on any atom is 0.236 e. The Morgan fingerprint density at radius 1 is 0.700 bits per heavy atom. The van der Waals surface area contributed by atoms with E-state index in [1.54, 1.807) is 12.2 Å². The molecule has 0 saturated carbocycles. The molecule has 0 aliphatic heterocycles. The highest BCUT2D eigenvalue weighted by Gasteiger charge is 2.15. The van der Waals surface area contributed by atoms with E-state index in [4.69, 9.17) is 0 Å². The van der Waals surface area contributed by atoms with E-state index in [1.807, 2.05) is 0 Å². The van der Waals surface area contributed by atoms with Gasteiger partial charge in [0.25, 0.3) is 0 Å². The van der Waals surface area contributed by atoms with Gasteiger partial charge in [-0.15, -0.1) is 11.8 Å². The Balaban J connectivity index is 0. The Bertz CT molecular complexity index is 693. The van der Waals surface area contributed by atoms with Crippen molar-refractivity contribution in [3.8, 4) is 0 Å². The molecule has 0 aromatic carbocycles. The van der Waals surface area contributed by atoms with E-state index >= 15 is 0 Å². The number of unbranched alkanes of at least 4 members (excludes halogenated alkanes) is 4. The van der Waals surface area contributed by atoms with Crippen LogP contribution < -0.4 is 0 Å². The fourth-order valence-electron chi connectivity index (χ4n) is 2.05. The van der Waals surface area contributed by atoms with Crippen LogP contribution in [0.5, 0.6) is 0 Å². The maximum absolute atomic E-state index is 10.6. The second kappa shape index (κ2) is 21.5. The highest BCUT2D eigenvalue weighted by Crippen LogP contribution is 2.27. The molecule has 0 N–H and O–H groups in total. The number of sulfone groups is 1. The van der Waals surface area contributed by atoms with Crippen LogP contribution in [0.3, 0.4) is 0 Å². The van der Waals surface area contributed by atoms with Gasteiger partial charge in [-0.25, -0.2) is 27.6 Å². The van der Waals surface area contributed by atoms with E-state index < -0.39 is 21.6 Å². The number of carbonyl (C=O) groups excluding carboxylic acids is 4. The highest BCUT2D eigenvalue weighted by molar-refractivity contribution is 8.00. The molecule has 0 aliphatic carbocycles. The predicted octanol–water partition coefficient (Wildman–Crippen LogP) is 3.19. The van der Waals surface area contributed by atoms with Crippen molar-refractivity contribution in [1.29, 1.82) is 0 Å². The summed E-state index contributed by atoms with van der Waals surface area (Å²) in [6.45, 7) is 4.27. The predicted molar refractivity (Wildman–Crippen MR) is 115 cm³/mol. The zero-order valence-corrected chi connectivity index (χ0v) is 18.9. The molecule has 168 valence electrons. The van der Waals surface area contributed by atoms with Crippen LogP contribution in [-0.2, 0) is 29.0 Å². The van der Waals surface area contributed by atoms with Crippen LogP contribution in [0.25, 0.3) is 0 Å². The molecule has 0 bridgehead atoms. The van der Waals surface area contributed by atoms with E-state index in [2.05, 4.69) is 33.8 Å². The first-order valence-corrected chi connectivity index (χ1v) is 12.2. The summed E-state index contributed by atoms with van der Waals surface area (Å²) in [6.07, 6.45) is 13.6. The molecule has 0 heterocycles. The lowest BCUT2D eigenvalue weighted by Crippen LogP contribution is -2.08. The highest BCUT2D eigenvalue weighted by atomic mass is 32.2. The average molecular weight is 461 g/mol. The molecule has 0 spiro atoms. The maximum atomic E-state index is 10.6. The third kappa shape index (κ3) is 20.6. The minimum atomic E-state index is -3.56. The first-order valence-electron chi connectivity index (χ1n) is 9.47. The number of thioether (sulfide) groups is 1. The van der Waals surface area contributed by atoms with E-state index in [0.717, 1.165) is 63.5 Å². The van der Waals surface area contributed by atoms with Crippen LogP contribution in [0, 0.1) is 0 Å². The molecule has 0 aromatic heterocycles. The van der Waals surface area contributed by atoms with Crippen molar-refractivity contribution in [1.82, 2.24) is 0 Å². The minimum absolute atomic E-state index is 0.132. The fraction of sp³-hybridized carbons (Fsp3) is 0.778. The summed E-state index contributed by atoms with van der Waals surface area (Å²) in [4.78, 5) is 53.0. The minimum Gasteiger partial charge on any atom is -0.225 e. The Morgan fingerprint density at radius 3 is 1.40 bits per heavy atom. The van der Waals surface area contributed by atoms with Crippen molar-refractivity contribution in [2.75, 3.05) is 11.8 Å². The average Bonchev–Trinajstić information content (AvgIpc) is 2.72. The standard InChI is InChI=1S/C14H24N2O2S.C4H4N2O4S/c1-3-5-7-9-13(15-11-17)19-14(16-12-18)10-8-6-4-2;7-1-5-3-11(9,10)4-6-2-8/h13-14H,3-10H2,1-2H3;3-4H2. The van der Waals surface area contributed by atoms with Gasteiger partial charge in [0.05, 0.1) is 0 Å². The molecule has 0 aromatic rings. The first kappa shape index (κ1) is 30.0. The van der Waals surface area contributed by atoms with E-state index in [-0.39, 0.29) is 10.7 Å². The zero-order chi connectivity index (χ0) is 23.1. The van der Waals surface area contributed by atoms with Crippen molar-refractivity contribution in [2.45, 2.75) is 76.0 Å². The Labute approximate surface area is 181 Å². The molecule has 2 unspecified atom stereocenters. The van der Waals surface area contributed by atoms with Crippen LogP contribution in [0.2, 0.25) is 0 Å². The summed E-state index contributed by atoms with van der Waals surface area (Å²) in [5, 5.41) is -0.263. The van der Waals surface area contributed by atoms with Gasteiger partial charge in [0.1, 0.15) is 10.7 Å². The van der Waals surface area contributed by atoms with Crippen LogP contribution in [0.1, 0.15) is 65.2 Å². The second-order valence-corrected chi connectivity index (χ2v) is 9.34. The van der Waals surface area contributed by atoms with E-state index in [9.17, 15) is 27.6 Å². The Hall–Kier alpha value is -2.18. The topological polar surface area (TPSA) is 152 Å². The summed E-state index contributed by atoms with van der Waals surface area (Å²) < 4.78 is 21.2.